The second-order valence-corrected chi connectivity index (χ2v) is 11.6. The minimum Gasteiger partial charge on any atom is -0.494 e. The van der Waals surface area contributed by atoms with Crippen molar-refractivity contribution in [2.45, 2.75) is 71.6 Å². The first-order valence-electron chi connectivity index (χ1n) is 14.2. The van der Waals surface area contributed by atoms with Gasteiger partial charge in [0.15, 0.2) is 0 Å². The van der Waals surface area contributed by atoms with Gasteiger partial charge in [-0.15, -0.1) is 0 Å². The van der Waals surface area contributed by atoms with Gasteiger partial charge in [0, 0.05) is 23.9 Å². The molecule has 1 aromatic heterocycles. The van der Waals surface area contributed by atoms with Gasteiger partial charge in [-0.1, -0.05) is 101 Å². The summed E-state index contributed by atoms with van der Waals surface area (Å²) in [6.07, 6.45) is 14.4. The molecule has 0 unspecified atom stereocenters. The van der Waals surface area contributed by atoms with Crippen molar-refractivity contribution in [2.24, 2.45) is 0 Å². The van der Waals surface area contributed by atoms with Gasteiger partial charge in [0.1, 0.15) is 10.1 Å². The Hall–Kier alpha value is -2.90. The zero-order chi connectivity index (χ0) is 27.5. The molecule has 0 aliphatic carbocycles. The van der Waals surface area contributed by atoms with E-state index in [1.54, 1.807) is 4.90 Å². The van der Waals surface area contributed by atoms with E-state index in [1.807, 2.05) is 71.6 Å². The highest BCUT2D eigenvalue weighted by Crippen LogP contribution is 2.35. The van der Waals surface area contributed by atoms with Gasteiger partial charge in [-0.05, 0) is 55.3 Å². The van der Waals surface area contributed by atoms with Crippen LogP contribution in [0.1, 0.15) is 77.2 Å². The van der Waals surface area contributed by atoms with Gasteiger partial charge in [0.05, 0.1) is 22.9 Å². The number of unbranched alkanes of at least 4 members (excludes halogenated alkanes) is 7. The van der Waals surface area contributed by atoms with Gasteiger partial charge in [0.2, 0.25) is 0 Å². The predicted molar refractivity (Wildman–Crippen MR) is 167 cm³/mol. The monoisotopic (exact) mass is 561 g/mol. The summed E-state index contributed by atoms with van der Waals surface area (Å²) in [5.74, 6) is 0.852. The number of nitrogens with zero attached hydrogens (tertiary/aromatic N) is 3. The number of hydrogen-bond acceptors (Lipinski definition) is 5. The van der Waals surface area contributed by atoms with Crippen LogP contribution in [-0.4, -0.2) is 38.1 Å². The molecule has 1 saturated heterocycles. The summed E-state index contributed by atoms with van der Waals surface area (Å²) < 4.78 is 8.45. The van der Waals surface area contributed by atoms with Crippen LogP contribution in [-0.2, 0) is 4.79 Å². The van der Waals surface area contributed by atoms with E-state index in [4.69, 9.17) is 22.1 Å². The number of carbonyl (C=O) groups is 1. The number of ether oxygens (including phenoxy) is 1. The zero-order valence-electron chi connectivity index (χ0n) is 23.1. The molecule has 1 fully saturated rings. The number of thioether (sulfide) groups is 1. The Kier molecular flexibility index (Phi) is 11.2. The molecule has 5 nitrogen and oxygen atoms in total. The summed E-state index contributed by atoms with van der Waals surface area (Å²) in [6.45, 7) is 5.83. The molecule has 2 heterocycles. The molecule has 0 atom stereocenters. The van der Waals surface area contributed by atoms with E-state index in [-0.39, 0.29) is 5.91 Å². The lowest BCUT2D eigenvalue weighted by molar-refractivity contribution is -0.122. The standard InChI is InChI=1S/C32H39N3O2S2/c1-3-5-7-9-13-21-34-31(36)29(39-32(34)38)23-26-24-35(27-15-11-10-12-16-27)33-30(26)25-17-19-28(20-18-25)37-22-14-8-6-4-2/h10-12,15-20,23-24H,3-9,13-14,21-22H2,1-2H3. The first-order chi connectivity index (χ1) is 19.1. The summed E-state index contributed by atoms with van der Waals surface area (Å²) >= 11 is 6.97. The number of para-hydroxylation sites is 1. The third-order valence-corrected chi connectivity index (χ3v) is 8.18. The number of hydrogen-bond donors (Lipinski definition) is 0. The molecule has 0 spiro atoms. The molecule has 1 amide bonds. The van der Waals surface area contributed by atoms with Gasteiger partial charge < -0.3 is 4.74 Å². The van der Waals surface area contributed by atoms with Crippen LogP contribution < -0.4 is 4.74 Å². The van der Waals surface area contributed by atoms with Crippen LogP contribution in [0.2, 0.25) is 0 Å². The molecule has 0 N–H and O–H groups in total. The van der Waals surface area contributed by atoms with Gasteiger partial charge in [-0.3, -0.25) is 9.69 Å². The Labute approximate surface area is 242 Å². The molecule has 3 aromatic rings. The number of aromatic nitrogens is 2. The Morgan fingerprint density at radius 3 is 2.31 bits per heavy atom. The molecule has 0 bridgehead atoms. The van der Waals surface area contributed by atoms with E-state index >= 15 is 0 Å². The molecule has 1 aliphatic rings. The summed E-state index contributed by atoms with van der Waals surface area (Å²) in [4.78, 5) is 15.7. The Morgan fingerprint density at radius 2 is 1.59 bits per heavy atom. The summed E-state index contributed by atoms with van der Waals surface area (Å²) in [7, 11) is 0. The van der Waals surface area contributed by atoms with Crippen LogP contribution in [0.4, 0.5) is 0 Å². The van der Waals surface area contributed by atoms with E-state index in [0.29, 0.717) is 15.8 Å². The molecule has 39 heavy (non-hydrogen) atoms. The fourth-order valence-corrected chi connectivity index (χ4v) is 5.87. The summed E-state index contributed by atoms with van der Waals surface area (Å²) in [6, 6.07) is 18.1. The zero-order valence-corrected chi connectivity index (χ0v) is 24.7. The van der Waals surface area contributed by atoms with Crippen molar-refractivity contribution in [1.29, 1.82) is 0 Å². The third-order valence-electron chi connectivity index (χ3n) is 6.80. The SMILES string of the molecule is CCCCCCCN1C(=O)C(=Cc2cn(-c3ccccc3)nc2-c2ccc(OCCCCCC)cc2)SC1=S. The lowest BCUT2D eigenvalue weighted by Crippen LogP contribution is -2.29. The summed E-state index contributed by atoms with van der Waals surface area (Å²) in [5, 5.41) is 4.92. The fraction of sp³-hybridized carbons (Fsp3) is 0.406. The van der Waals surface area contributed by atoms with Crippen molar-refractivity contribution >= 4 is 40.3 Å². The van der Waals surface area contributed by atoms with Gasteiger partial charge in [0.25, 0.3) is 5.91 Å². The largest absolute Gasteiger partial charge is 0.494 e. The number of benzene rings is 2. The Morgan fingerprint density at radius 1 is 0.897 bits per heavy atom. The highest BCUT2D eigenvalue weighted by atomic mass is 32.2. The van der Waals surface area contributed by atoms with E-state index in [1.165, 1.54) is 50.3 Å². The van der Waals surface area contributed by atoms with Crippen LogP contribution in [0.3, 0.4) is 0 Å². The molecule has 206 valence electrons. The van der Waals surface area contributed by atoms with Crippen molar-refractivity contribution in [3.63, 3.8) is 0 Å². The highest BCUT2D eigenvalue weighted by molar-refractivity contribution is 8.26. The minimum absolute atomic E-state index is 0.00859. The maximum atomic E-state index is 13.3. The number of rotatable bonds is 15. The first-order valence-corrected chi connectivity index (χ1v) is 15.5. The topological polar surface area (TPSA) is 47.4 Å². The highest BCUT2D eigenvalue weighted by Gasteiger charge is 2.32. The normalized spacial score (nSPS) is 14.5. The first kappa shape index (κ1) is 29.1. The maximum absolute atomic E-state index is 13.3. The average molecular weight is 562 g/mol. The van der Waals surface area contributed by atoms with E-state index in [0.717, 1.165) is 54.1 Å². The van der Waals surface area contributed by atoms with E-state index < -0.39 is 0 Å². The third kappa shape index (κ3) is 8.05. The second-order valence-electron chi connectivity index (χ2n) is 9.89. The van der Waals surface area contributed by atoms with Crippen LogP contribution in [0.15, 0.2) is 65.7 Å². The molecule has 7 heteroatoms. The molecule has 0 saturated carbocycles. The quantitative estimate of drug-likeness (QED) is 0.106. The molecule has 1 aliphatic heterocycles. The van der Waals surface area contributed by atoms with Crippen molar-refractivity contribution in [2.75, 3.05) is 13.2 Å². The van der Waals surface area contributed by atoms with Crippen molar-refractivity contribution < 1.29 is 9.53 Å². The van der Waals surface area contributed by atoms with Crippen molar-refractivity contribution in [1.82, 2.24) is 14.7 Å². The number of amides is 1. The van der Waals surface area contributed by atoms with Crippen LogP contribution in [0.5, 0.6) is 5.75 Å². The van der Waals surface area contributed by atoms with Gasteiger partial charge in [-0.2, -0.15) is 5.10 Å². The fourth-order valence-electron chi connectivity index (χ4n) is 4.57. The van der Waals surface area contributed by atoms with Crippen LogP contribution in [0.25, 0.3) is 23.0 Å². The second kappa shape index (κ2) is 15.0. The average Bonchev–Trinajstić information content (AvgIpc) is 3.50. The number of thiocarbonyl (C=S) groups is 1. The minimum atomic E-state index is -0.00859. The Bertz CT molecular complexity index is 1250. The van der Waals surface area contributed by atoms with E-state index in [9.17, 15) is 4.79 Å². The lowest BCUT2D eigenvalue weighted by Gasteiger charge is -2.13. The van der Waals surface area contributed by atoms with Crippen molar-refractivity contribution in [3.05, 3.63) is 71.3 Å². The van der Waals surface area contributed by atoms with Crippen LogP contribution in [0, 0.1) is 0 Å². The van der Waals surface area contributed by atoms with Gasteiger partial charge >= 0.3 is 0 Å². The van der Waals surface area contributed by atoms with Crippen molar-refractivity contribution in [3.8, 4) is 22.7 Å². The maximum Gasteiger partial charge on any atom is 0.266 e. The summed E-state index contributed by atoms with van der Waals surface area (Å²) in [5.41, 5.74) is 3.64. The smallest absolute Gasteiger partial charge is 0.266 e. The van der Waals surface area contributed by atoms with Crippen LogP contribution >= 0.6 is 24.0 Å². The Balaban J connectivity index is 1.54. The predicted octanol–water partition coefficient (Wildman–Crippen LogP) is 8.67. The molecule has 2 aromatic carbocycles. The molecular formula is C32H39N3O2S2. The molecule has 0 radical (unpaired) electrons. The number of carbonyl (C=O) groups excluding carboxylic acids is 1. The molecular weight excluding hydrogens is 523 g/mol. The van der Waals surface area contributed by atoms with E-state index in [2.05, 4.69) is 13.8 Å². The van der Waals surface area contributed by atoms with Gasteiger partial charge in [-0.25, -0.2) is 4.68 Å². The molecule has 4 rings (SSSR count). The lowest BCUT2D eigenvalue weighted by atomic mass is 10.1.